The third-order valence-corrected chi connectivity index (χ3v) is 4.34. The summed E-state index contributed by atoms with van der Waals surface area (Å²) in [6, 6.07) is 22.9. The van der Waals surface area contributed by atoms with Crippen molar-refractivity contribution < 1.29 is 4.52 Å². The van der Waals surface area contributed by atoms with Gasteiger partial charge < -0.3 is 10.3 Å². The Kier molecular flexibility index (Phi) is 4.18. The molecule has 2 aromatic heterocycles. The first-order valence-corrected chi connectivity index (χ1v) is 8.31. The molecule has 126 valence electrons. The van der Waals surface area contributed by atoms with Crippen molar-refractivity contribution in [1.82, 2.24) is 10.1 Å². The second kappa shape index (κ2) is 6.79. The van der Waals surface area contributed by atoms with Crippen molar-refractivity contribution in [2.45, 2.75) is 12.5 Å². The standard InChI is InChI=1S/C21H16N4O/c22-13-15-7-5-6-14(24-15)12-19(23)16-8-1-2-9-17(16)21-18-10-3-4-11-20(18)26-25-21/h1-11,19H,12,23H2. The molecule has 2 N–H and O–H groups in total. The number of nitriles is 1. The number of nitrogens with zero attached hydrogens (tertiary/aromatic N) is 3. The zero-order valence-corrected chi connectivity index (χ0v) is 14.0. The van der Waals surface area contributed by atoms with Gasteiger partial charge in [0.1, 0.15) is 17.5 Å². The molecule has 5 heteroatoms. The maximum absolute atomic E-state index is 9.02. The van der Waals surface area contributed by atoms with Crippen LogP contribution in [0, 0.1) is 11.3 Å². The first-order chi connectivity index (χ1) is 12.8. The van der Waals surface area contributed by atoms with Crippen LogP contribution in [-0.4, -0.2) is 10.1 Å². The largest absolute Gasteiger partial charge is 0.356 e. The van der Waals surface area contributed by atoms with Crippen LogP contribution in [0.1, 0.15) is 23.0 Å². The SMILES string of the molecule is N#Cc1cccc(CC(N)c2ccccc2-c2noc3ccccc23)n1. The number of aromatic nitrogens is 2. The summed E-state index contributed by atoms with van der Waals surface area (Å²) in [5, 5.41) is 14.2. The maximum atomic E-state index is 9.02. The minimum absolute atomic E-state index is 0.275. The molecule has 26 heavy (non-hydrogen) atoms. The summed E-state index contributed by atoms with van der Waals surface area (Å²) in [6.07, 6.45) is 0.530. The normalized spacial score (nSPS) is 12.0. The van der Waals surface area contributed by atoms with E-state index in [0.717, 1.165) is 33.5 Å². The van der Waals surface area contributed by atoms with Crippen LogP contribution >= 0.6 is 0 Å². The van der Waals surface area contributed by atoms with Crippen molar-refractivity contribution in [3.8, 4) is 17.3 Å². The highest BCUT2D eigenvalue weighted by Gasteiger charge is 2.18. The van der Waals surface area contributed by atoms with E-state index in [0.29, 0.717) is 12.1 Å². The van der Waals surface area contributed by atoms with Gasteiger partial charge in [0.2, 0.25) is 0 Å². The number of fused-ring (bicyclic) bond motifs is 1. The summed E-state index contributed by atoms with van der Waals surface area (Å²) in [5.74, 6) is 0. The minimum Gasteiger partial charge on any atom is -0.356 e. The second-order valence-electron chi connectivity index (χ2n) is 6.05. The van der Waals surface area contributed by atoms with E-state index in [9.17, 15) is 0 Å². The molecular weight excluding hydrogens is 324 g/mol. The molecule has 0 aliphatic rings. The number of pyridine rings is 1. The van der Waals surface area contributed by atoms with Crippen molar-refractivity contribution in [1.29, 1.82) is 5.26 Å². The molecule has 0 spiro atoms. The van der Waals surface area contributed by atoms with Gasteiger partial charge in [-0.05, 0) is 29.8 Å². The van der Waals surface area contributed by atoms with E-state index < -0.39 is 0 Å². The van der Waals surface area contributed by atoms with Crippen LogP contribution in [0.3, 0.4) is 0 Å². The highest BCUT2D eigenvalue weighted by molar-refractivity contribution is 5.92. The minimum atomic E-state index is -0.275. The summed E-state index contributed by atoms with van der Waals surface area (Å²) in [7, 11) is 0. The zero-order valence-electron chi connectivity index (χ0n) is 14.0. The Hall–Kier alpha value is -3.49. The first kappa shape index (κ1) is 16.0. The average molecular weight is 340 g/mol. The molecule has 0 fully saturated rings. The van der Waals surface area contributed by atoms with Gasteiger partial charge in [-0.25, -0.2) is 4.98 Å². The lowest BCUT2D eigenvalue weighted by Crippen LogP contribution is -2.15. The summed E-state index contributed by atoms with van der Waals surface area (Å²) in [6.45, 7) is 0. The van der Waals surface area contributed by atoms with Crippen LogP contribution in [0.2, 0.25) is 0 Å². The van der Waals surface area contributed by atoms with Gasteiger partial charge in [-0.2, -0.15) is 5.26 Å². The van der Waals surface area contributed by atoms with Crippen molar-refractivity contribution in [3.63, 3.8) is 0 Å². The number of hydrogen-bond donors (Lipinski definition) is 1. The number of benzene rings is 2. The molecule has 1 unspecified atom stereocenters. The van der Waals surface area contributed by atoms with Gasteiger partial charge in [-0.15, -0.1) is 0 Å². The monoisotopic (exact) mass is 340 g/mol. The predicted molar refractivity (Wildman–Crippen MR) is 99.0 cm³/mol. The van der Waals surface area contributed by atoms with Crippen LogP contribution in [-0.2, 0) is 6.42 Å². The first-order valence-electron chi connectivity index (χ1n) is 8.31. The van der Waals surface area contributed by atoms with Gasteiger partial charge in [0, 0.05) is 29.1 Å². The third-order valence-electron chi connectivity index (χ3n) is 4.34. The quantitative estimate of drug-likeness (QED) is 0.606. The van der Waals surface area contributed by atoms with Gasteiger partial charge in [0.15, 0.2) is 5.58 Å². The van der Waals surface area contributed by atoms with Crippen LogP contribution in [0.4, 0.5) is 0 Å². The molecule has 2 heterocycles. The number of para-hydroxylation sites is 1. The maximum Gasteiger partial charge on any atom is 0.167 e. The molecule has 4 rings (SSSR count). The van der Waals surface area contributed by atoms with Crippen molar-refractivity contribution in [2.75, 3.05) is 0 Å². The second-order valence-corrected chi connectivity index (χ2v) is 6.05. The molecule has 0 aliphatic carbocycles. The summed E-state index contributed by atoms with van der Waals surface area (Å²) < 4.78 is 5.45. The van der Waals surface area contributed by atoms with Crippen LogP contribution < -0.4 is 5.73 Å². The van der Waals surface area contributed by atoms with E-state index >= 15 is 0 Å². The van der Waals surface area contributed by atoms with Gasteiger partial charge in [0.25, 0.3) is 0 Å². The highest BCUT2D eigenvalue weighted by Crippen LogP contribution is 2.33. The fourth-order valence-electron chi connectivity index (χ4n) is 3.11. The molecule has 1 atom stereocenters. The Morgan fingerprint density at radius 1 is 1.00 bits per heavy atom. The number of nitrogens with two attached hydrogens (primary N) is 1. The molecule has 0 saturated carbocycles. The molecule has 2 aromatic carbocycles. The molecule has 0 saturated heterocycles. The molecule has 0 radical (unpaired) electrons. The van der Waals surface area contributed by atoms with Crippen LogP contribution in [0.15, 0.2) is 71.3 Å². The summed E-state index contributed by atoms with van der Waals surface area (Å²) in [4.78, 5) is 4.32. The Morgan fingerprint density at radius 2 is 1.81 bits per heavy atom. The van der Waals surface area contributed by atoms with Crippen molar-refractivity contribution in [3.05, 3.63) is 83.7 Å². The number of rotatable bonds is 4. The van der Waals surface area contributed by atoms with E-state index in [1.54, 1.807) is 6.07 Å². The van der Waals surface area contributed by atoms with E-state index in [2.05, 4.69) is 16.2 Å². The molecule has 0 amide bonds. The van der Waals surface area contributed by atoms with Gasteiger partial charge in [-0.1, -0.05) is 47.6 Å². The van der Waals surface area contributed by atoms with Gasteiger partial charge in [0.05, 0.1) is 0 Å². The fourth-order valence-corrected chi connectivity index (χ4v) is 3.11. The molecule has 5 nitrogen and oxygen atoms in total. The molecule has 0 bridgehead atoms. The Morgan fingerprint density at radius 3 is 2.69 bits per heavy atom. The molecule has 4 aromatic rings. The van der Waals surface area contributed by atoms with E-state index in [1.807, 2.05) is 60.7 Å². The van der Waals surface area contributed by atoms with Crippen LogP contribution in [0.25, 0.3) is 22.2 Å². The lowest BCUT2D eigenvalue weighted by atomic mass is 9.94. The fraction of sp³-hybridized carbons (Fsp3) is 0.0952. The lowest BCUT2D eigenvalue weighted by molar-refractivity contribution is 0.459. The lowest BCUT2D eigenvalue weighted by Gasteiger charge is -2.15. The van der Waals surface area contributed by atoms with Gasteiger partial charge >= 0.3 is 0 Å². The zero-order chi connectivity index (χ0) is 17.9. The smallest absolute Gasteiger partial charge is 0.167 e. The van der Waals surface area contributed by atoms with Crippen molar-refractivity contribution in [2.24, 2.45) is 5.73 Å². The predicted octanol–water partition coefficient (Wildman–Crippen LogP) is 4.00. The molecular formula is C21H16N4O. The summed E-state index contributed by atoms with van der Waals surface area (Å²) >= 11 is 0. The van der Waals surface area contributed by atoms with E-state index in [-0.39, 0.29) is 6.04 Å². The van der Waals surface area contributed by atoms with E-state index in [4.69, 9.17) is 15.5 Å². The highest BCUT2D eigenvalue weighted by atomic mass is 16.5. The van der Waals surface area contributed by atoms with Crippen molar-refractivity contribution >= 4 is 11.0 Å². The molecule has 0 aliphatic heterocycles. The topological polar surface area (TPSA) is 88.7 Å². The average Bonchev–Trinajstić information content (AvgIpc) is 3.12. The van der Waals surface area contributed by atoms with Crippen LogP contribution in [0.5, 0.6) is 0 Å². The third kappa shape index (κ3) is 2.94. The Balaban J connectivity index is 1.72. The van der Waals surface area contributed by atoms with E-state index in [1.165, 1.54) is 0 Å². The Bertz CT molecular complexity index is 1110. The number of hydrogen-bond acceptors (Lipinski definition) is 5. The summed E-state index contributed by atoms with van der Waals surface area (Å²) in [5.41, 5.74) is 11.1. The van der Waals surface area contributed by atoms with Gasteiger partial charge in [-0.3, -0.25) is 0 Å². The Labute approximate surface area is 150 Å².